The SMILES string of the molecule is Cc1ccc(CN(Cc2ccccc2)C(=O)CN(CC(C)C)C(=O)C2CC2c2ccccc2)o1. The molecule has 0 aliphatic heterocycles. The first kappa shape index (κ1) is 23.8. The monoisotopic (exact) mass is 458 g/mol. The number of aryl methyl sites for hydroxylation is 1. The van der Waals surface area contributed by atoms with Crippen molar-refractivity contribution in [3.63, 3.8) is 0 Å². The van der Waals surface area contributed by atoms with Gasteiger partial charge >= 0.3 is 0 Å². The Morgan fingerprint density at radius 1 is 0.912 bits per heavy atom. The second kappa shape index (κ2) is 10.7. The van der Waals surface area contributed by atoms with Gasteiger partial charge in [0.1, 0.15) is 11.5 Å². The molecule has 0 bridgehead atoms. The predicted molar refractivity (Wildman–Crippen MR) is 133 cm³/mol. The van der Waals surface area contributed by atoms with Crippen molar-refractivity contribution in [1.82, 2.24) is 9.80 Å². The molecule has 1 aliphatic rings. The molecule has 1 aliphatic carbocycles. The highest BCUT2D eigenvalue weighted by Gasteiger charge is 2.46. The van der Waals surface area contributed by atoms with Crippen molar-refractivity contribution in [2.45, 2.75) is 46.2 Å². The van der Waals surface area contributed by atoms with Gasteiger partial charge in [0.2, 0.25) is 11.8 Å². The lowest BCUT2D eigenvalue weighted by Crippen LogP contribution is -2.44. The number of carbonyl (C=O) groups is 2. The van der Waals surface area contributed by atoms with Gasteiger partial charge in [-0.3, -0.25) is 9.59 Å². The van der Waals surface area contributed by atoms with Crippen LogP contribution in [-0.4, -0.2) is 34.7 Å². The van der Waals surface area contributed by atoms with E-state index < -0.39 is 0 Å². The summed E-state index contributed by atoms with van der Waals surface area (Å²) >= 11 is 0. The van der Waals surface area contributed by atoms with Crippen LogP contribution < -0.4 is 0 Å². The molecule has 2 atom stereocenters. The maximum atomic E-state index is 13.5. The van der Waals surface area contributed by atoms with Gasteiger partial charge in [0.25, 0.3) is 0 Å². The quantitative estimate of drug-likeness (QED) is 0.408. The second-order valence-corrected chi connectivity index (χ2v) is 9.72. The summed E-state index contributed by atoms with van der Waals surface area (Å²) in [5.41, 5.74) is 2.25. The van der Waals surface area contributed by atoms with Crippen LogP contribution in [0.5, 0.6) is 0 Å². The fourth-order valence-electron chi connectivity index (χ4n) is 4.50. The average Bonchev–Trinajstić information content (AvgIpc) is 3.53. The maximum Gasteiger partial charge on any atom is 0.242 e. The molecule has 0 radical (unpaired) electrons. The molecule has 0 N–H and O–H groups in total. The number of furan rings is 1. The van der Waals surface area contributed by atoms with Crippen LogP contribution in [0.2, 0.25) is 0 Å². The van der Waals surface area contributed by atoms with Crippen LogP contribution in [0.25, 0.3) is 0 Å². The molecule has 5 nitrogen and oxygen atoms in total. The molecule has 5 heteroatoms. The van der Waals surface area contributed by atoms with Gasteiger partial charge in [-0.15, -0.1) is 0 Å². The molecule has 1 aromatic heterocycles. The normalized spacial score (nSPS) is 16.9. The van der Waals surface area contributed by atoms with E-state index in [2.05, 4.69) is 26.0 Å². The third-order valence-corrected chi connectivity index (χ3v) is 6.27. The fraction of sp³-hybridized carbons (Fsp3) is 0.379. The van der Waals surface area contributed by atoms with Gasteiger partial charge < -0.3 is 14.2 Å². The molecule has 2 unspecified atom stereocenters. The van der Waals surface area contributed by atoms with Crippen molar-refractivity contribution < 1.29 is 14.0 Å². The summed E-state index contributed by atoms with van der Waals surface area (Å²) in [6.45, 7) is 7.57. The highest BCUT2D eigenvalue weighted by Crippen LogP contribution is 2.48. The predicted octanol–water partition coefficient (Wildman–Crippen LogP) is 5.41. The summed E-state index contributed by atoms with van der Waals surface area (Å²) in [4.78, 5) is 30.5. The zero-order valence-corrected chi connectivity index (χ0v) is 20.3. The Bertz CT molecular complexity index is 1090. The van der Waals surface area contributed by atoms with Crippen molar-refractivity contribution in [1.29, 1.82) is 0 Å². The first-order valence-electron chi connectivity index (χ1n) is 12.1. The van der Waals surface area contributed by atoms with E-state index in [4.69, 9.17) is 4.42 Å². The lowest BCUT2D eigenvalue weighted by atomic mass is 10.1. The zero-order valence-electron chi connectivity index (χ0n) is 20.3. The van der Waals surface area contributed by atoms with Crippen LogP contribution in [0, 0.1) is 18.8 Å². The van der Waals surface area contributed by atoms with E-state index in [0.29, 0.717) is 19.6 Å². The molecule has 0 spiro atoms. The number of amides is 2. The smallest absolute Gasteiger partial charge is 0.242 e. The standard InChI is InChI=1S/C29H34N2O3/c1-21(2)17-31(29(33)27-16-26(27)24-12-8-5-9-13-24)20-28(32)30(18-23-10-6-4-7-11-23)19-25-15-14-22(3)34-25/h4-15,21,26-27H,16-20H2,1-3H3. The Morgan fingerprint density at radius 2 is 1.59 bits per heavy atom. The van der Waals surface area contributed by atoms with Crippen molar-refractivity contribution in [2.75, 3.05) is 13.1 Å². The third kappa shape index (κ3) is 6.16. The summed E-state index contributed by atoms with van der Waals surface area (Å²) in [5.74, 6) is 2.08. The van der Waals surface area contributed by atoms with Crippen LogP contribution in [0.3, 0.4) is 0 Å². The van der Waals surface area contributed by atoms with E-state index in [-0.39, 0.29) is 36.1 Å². The van der Waals surface area contributed by atoms with E-state index >= 15 is 0 Å². The molecule has 34 heavy (non-hydrogen) atoms. The highest BCUT2D eigenvalue weighted by atomic mass is 16.3. The van der Waals surface area contributed by atoms with Gasteiger partial charge in [-0.25, -0.2) is 0 Å². The third-order valence-electron chi connectivity index (χ3n) is 6.27. The molecule has 3 aromatic rings. The topological polar surface area (TPSA) is 53.8 Å². The first-order valence-corrected chi connectivity index (χ1v) is 12.1. The first-order chi connectivity index (χ1) is 16.4. The highest BCUT2D eigenvalue weighted by molar-refractivity contribution is 5.88. The molecule has 178 valence electrons. The van der Waals surface area contributed by atoms with Gasteiger partial charge in [0.05, 0.1) is 13.1 Å². The van der Waals surface area contributed by atoms with Gasteiger partial charge in [-0.2, -0.15) is 0 Å². The number of nitrogens with zero attached hydrogens (tertiary/aromatic N) is 2. The lowest BCUT2D eigenvalue weighted by Gasteiger charge is -2.29. The number of benzene rings is 2. The van der Waals surface area contributed by atoms with E-state index in [9.17, 15) is 9.59 Å². The summed E-state index contributed by atoms with van der Waals surface area (Å²) in [5, 5.41) is 0. The summed E-state index contributed by atoms with van der Waals surface area (Å²) in [6, 6.07) is 24.0. The summed E-state index contributed by atoms with van der Waals surface area (Å²) in [7, 11) is 0. The number of rotatable bonds is 10. The van der Waals surface area contributed by atoms with Gasteiger partial charge in [-0.05, 0) is 48.4 Å². The Balaban J connectivity index is 1.48. The van der Waals surface area contributed by atoms with E-state index in [1.54, 1.807) is 9.80 Å². The summed E-state index contributed by atoms with van der Waals surface area (Å²) < 4.78 is 5.76. The Labute approximate surface area is 202 Å². The molecule has 4 rings (SSSR count). The maximum absolute atomic E-state index is 13.5. The van der Waals surface area contributed by atoms with E-state index in [1.807, 2.05) is 67.6 Å². The fourth-order valence-corrected chi connectivity index (χ4v) is 4.50. The van der Waals surface area contributed by atoms with Gasteiger partial charge in [-0.1, -0.05) is 74.5 Å². The van der Waals surface area contributed by atoms with Crippen LogP contribution in [-0.2, 0) is 22.7 Å². The van der Waals surface area contributed by atoms with E-state index in [0.717, 1.165) is 23.5 Å². The van der Waals surface area contributed by atoms with Crippen LogP contribution in [0.1, 0.15) is 48.8 Å². The average molecular weight is 459 g/mol. The molecular weight excluding hydrogens is 424 g/mol. The number of carbonyl (C=O) groups excluding carboxylic acids is 2. The summed E-state index contributed by atoms with van der Waals surface area (Å²) in [6.07, 6.45) is 0.852. The number of hydrogen-bond acceptors (Lipinski definition) is 3. The van der Waals surface area contributed by atoms with Crippen molar-refractivity contribution in [3.8, 4) is 0 Å². The minimum atomic E-state index is -0.0659. The minimum absolute atomic E-state index is 0.0377. The largest absolute Gasteiger partial charge is 0.464 e. The Morgan fingerprint density at radius 3 is 2.21 bits per heavy atom. The molecule has 0 saturated heterocycles. The molecule has 1 saturated carbocycles. The Hall–Kier alpha value is -3.34. The van der Waals surface area contributed by atoms with Crippen LogP contribution in [0.15, 0.2) is 77.2 Å². The van der Waals surface area contributed by atoms with E-state index in [1.165, 1.54) is 5.56 Å². The Kier molecular flexibility index (Phi) is 7.51. The second-order valence-electron chi connectivity index (χ2n) is 9.72. The zero-order chi connectivity index (χ0) is 24.1. The van der Waals surface area contributed by atoms with Crippen LogP contribution >= 0.6 is 0 Å². The van der Waals surface area contributed by atoms with Crippen LogP contribution in [0.4, 0.5) is 0 Å². The molecule has 1 fully saturated rings. The van der Waals surface area contributed by atoms with Crippen molar-refractivity contribution in [3.05, 3.63) is 95.4 Å². The molecular formula is C29H34N2O3. The van der Waals surface area contributed by atoms with Gasteiger partial charge in [0.15, 0.2) is 0 Å². The van der Waals surface area contributed by atoms with Gasteiger partial charge in [0, 0.05) is 19.0 Å². The van der Waals surface area contributed by atoms with Crippen molar-refractivity contribution >= 4 is 11.8 Å². The minimum Gasteiger partial charge on any atom is -0.464 e. The molecule has 2 amide bonds. The lowest BCUT2D eigenvalue weighted by molar-refractivity contribution is -0.142. The molecule has 2 aromatic carbocycles. The van der Waals surface area contributed by atoms with Crippen molar-refractivity contribution in [2.24, 2.45) is 11.8 Å². The number of hydrogen-bond donors (Lipinski definition) is 0. The molecule has 1 heterocycles.